The molecule has 3 heteroatoms. The minimum absolute atomic E-state index is 0.110. The lowest BCUT2D eigenvalue weighted by Gasteiger charge is -2.55. The Morgan fingerprint density at radius 1 is 1.08 bits per heavy atom. The fraction of sp³-hybridized carbons (Fsp3) is 0.870. The van der Waals surface area contributed by atoms with Crippen LogP contribution in [0.15, 0.2) is 12.2 Å². The molecule has 0 aliphatic heterocycles. The van der Waals surface area contributed by atoms with Crippen LogP contribution in [0.2, 0.25) is 0 Å². The lowest BCUT2D eigenvalue weighted by atomic mass is 9.49. The van der Waals surface area contributed by atoms with Gasteiger partial charge in [0.25, 0.3) is 0 Å². The molecule has 0 amide bonds. The van der Waals surface area contributed by atoms with Gasteiger partial charge >= 0.3 is 5.97 Å². The van der Waals surface area contributed by atoms with Crippen LogP contribution in [0.1, 0.15) is 65.2 Å². The second-order valence-corrected chi connectivity index (χ2v) is 10.8. The van der Waals surface area contributed by atoms with E-state index in [1.807, 2.05) is 0 Å². The molecule has 2 N–H and O–H groups in total. The third-order valence-electron chi connectivity index (χ3n) is 9.87. The Labute approximate surface area is 157 Å². The van der Waals surface area contributed by atoms with Crippen LogP contribution < -0.4 is 0 Å². The first-order chi connectivity index (χ1) is 12.3. The van der Waals surface area contributed by atoms with E-state index in [0.717, 1.165) is 32.1 Å². The van der Waals surface area contributed by atoms with Gasteiger partial charge in [0.1, 0.15) is 0 Å². The van der Waals surface area contributed by atoms with Gasteiger partial charge < -0.3 is 10.2 Å². The molecule has 0 radical (unpaired) electrons. The van der Waals surface area contributed by atoms with Gasteiger partial charge in [-0.05, 0) is 84.9 Å². The highest BCUT2D eigenvalue weighted by atomic mass is 16.4. The maximum absolute atomic E-state index is 12.1. The number of aliphatic hydroxyl groups excluding tert-OH is 1. The summed E-state index contributed by atoms with van der Waals surface area (Å²) in [7, 11) is 0. The molecule has 4 fully saturated rings. The second kappa shape index (κ2) is 5.59. The average Bonchev–Trinajstić information content (AvgIpc) is 3.32. The second-order valence-electron chi connectivity index (χ2n) is 10.8. The Morgan fingerprint density at radius 2 is 1.81 bits per heavy atom. The van der Waals surface area contributed by atoms with Crippen molar-refractivity contribution < 1.29 is 15.0 Å². The first-order valence-corrected chi connectivity index (χ1v) is 10.9. The molecule has 5 aliphatic carbocycles. The van der Waals surface area contributed by atoms with Gasteiger partial charge in [-0.3, -0.25) is 4.79 Å². The molecular weight excluding hydrogens is 324 g/mol. The number of fused-ring (bicyclic) bond motifs is 9. The molecule has 4 saturated carbocycles. The smallest absolute Gasteiger partial charge is 0.306 e. The maximum atomic E-state index is 12.1. The molecule has 4 bridgehead atoms. The fourth-order valence-corrected chi connectivity index (χ4v) is 8.71. The number of rotatable bonds is 3. The predicted molar refractivity (Wildman–Crippen MR) is 100 cm³/mol. The molecule has 5 rings (SSSR count). The number of carboxylic acids is 1. The zero-order chi connectivity index (χ0) is 18.3. The molecule has 0 saturated heterocycles. The van der Waals surface area contributed by atoms with Crippen LogP contribution in [-0.4, -0.2) is 22.3 Å². The molecule has 5 aliphatic rings. The maximum Gasteiger partial charge on any atom is 0.306 e. The van der Waals surface area contributed by atoms with E-state index in [9.17, 15) is 15.0 Å². The van der Waals surface area contributed by atoms with Crippen molar-refractivity contribution in [2.24, 2.45) is 52.3 Å². The Balaban J connectivity index is 1.55. The normalized spacial score (nSPS) is 52.3. The summed E-state index contributed by atoms with van der Waals surface area (Å²) in [5, 5.41) is 20.4. The molecule has 26 heavy (non-hydrogen) atoms. The third-order valence-corrected chi connectivity index (χ3v) is 9.87. The lowest BCUT2D eigenvalue weighted by molar-refractivity contribution is -0.148. The largest absolute Gasteiger partial charge is 0.481 e. The number of allylic oxidation sites excluding steroid dienone is 2. The van der Waals surface area contributed by atoms with Gasteiger partial charge in [0.2, 0.25) is 0 Å². The van der Waals surface area contributed by atoms with Gasteiger partial charge in [0, 0.05) is 0 Å². The van der Waals surface area contributed by atoms with Crippen LogP contribution in [-0.2, 0) is 4.79 Å². The van der Waals surface area contributed by atoms with Crippen molar-refractivity contribution in [3.8, 4) is 0 Å². The van der Waals surface area contributed by atoms with Crippen molar-refractivity contribution in [3.63, 3.8) is 0 Å². The van der Waals surface area contributed by atoms with E-state index in [4.69, 9.17) is 0 Å². The summed E-state index contributed by atoms with van der Waals surface area (Å²) in [4.78, 5) is 12.1. The van der Waals surface area contributed by atoms with Crippen LogP contribution in [0.4, 0.5) is 0 Å². The molecule has 9 atom stereocenters. The van der Waals surface area contributed by atoms with Crippen molar-refractivity contribution in [2.45, 2.75) is 71.3 Å². The van der Waals surface area contributed by atoms with E-state index >= 15 is 0 Å². The fourth-order valence-electron chi connectivity index (χ4n) is 8.71. The highest BCUT2D eigenvalue weighted by Crippen LogP contribution is 2.78. The first kappa shape index (κ1) is 17.3. The van der Waals surface area contributed by atoms with Gasteiger partial charge in [-0.25, -0.2) is 0 Å². The Kier molecular flexibility index (Phi) is 3.72. The lowest BCUT2D eigenvalue weighted by Crippen LogP contribution is -2.50. The molecule has 0 heterocycles. The summed E-state index contributed by atoms with van der Waals surface area (Å²) in [6.45, 7) is 4.88. The minimum atomic E-state index is -0.557. The van der Waals surface area contributed by atoms with Crippen molar-refractivity contribution in [1.29, 1.82) is 0 Å². The van der Waals surface area contributed by atoms with E-state index in [0.29, 0.717) is 35.5 Å². The van der Waals surface area contributed by atoms with E-state index in [1.165, 1.54) is 19.3 Å². The van der Waals surface area contributed by atoms with Gasteiger partial charge in [-0.2, -0.15) is 0 Å². The third kappa shape index (κ3) is 2.07. The van der Waals surface area contributed by atoms with E-state index in [1.54, 1.807) is 0 Å². The van der Waals surface area contributed by atoms with Crippen LogP contribution in [0.25, 0.3) is 0 Å². The highest BCUT2D eigenvalue weighted by molar-refractivity contribution is 5.71. The van der Waals surface area contributed by atoms with Gasteiger partial charge in [0.05, 0.1) is 12.0 Å². The summed E-state index contributed by atoms with van der Waals surface area (Å²) in [5.74, 6) is 2.82. The monoisotopic (exact) mass is 358 g/mol. The van der Waals surface area contributed by atoms with Crippen molar-refractivity contribution in [2.75, 3.05) is 0 Å². The van der Waals surface area contributed by atoms with Gasteiger partial charge in [-0.1, -0.05) is 38.8 Å². The molecule has 144 valence electrons. The molecule has 0 aromatic heterocycles. The SMILES string of the molecule is CC(C)(C1CCCCC(O)C1)C12CC(C(=O)O)C(C1)C1C3C=CC(C3)C12. The standard InChI is InChI=1S/C23H34O3/c1-22(2,15-5-3-4-6-16(24)10-15)23-11-17(18(12-23)21(25)26)19-13-7-8-14(9-13)20(19)23/h7-8,13-20,24H,3-6,9-12H2,1-2H3,(H,25,26). The summed E-state index contributed by atoms with van der Waals surface area (Å²) >= 11 is 0. The molecule has 9 unspecified atom stereocenters. The summed E-state index contributed by atoms with van der Waals surface area (Å²) in [6.07, 6.45) is 13.4. The highest BCUT2D eigenvalue weighted by Gasteiger charge is 2.73. The number of hydrogen-bond acceptors (Lipinski definition) is 2. The van der Waals surface area contributed by atoms with Crippen molar-refractivity contribution in [3.05, 3.63) is 12.2 Å². The van der Waals surface area contributed by atoms with Gasteiger partial charge in [-0.15, -0.1) is 0 Å². The first-order valence-electron chi connectivity index (χ1n) is 10.9. The number of carbonyl (C=O) groups is 1. The Hall–Kier alpha value is -0.830. The Morgan fingerprint density at radius 3 is 2.58 bits per heavy atom. The van der Waals surface area contributed by atoms with E-state index in [-0.39, 0.29) is 22.9 Å². The number of hydrogen-bond donors (Lipinski definition) is 2. The van der Waals surface area contributed by atoms with Crippen molar-refractivity contribution in [1.82, 2.24) is 0 Å². The van der Waals surface area contributed by atoms with Crippen LogP contribution in [0.3, 0.4) is 0 Å². The molecule has 0 aromatic carbocycles. The topological polar surface area (TPSA) is 57.5 Å². The molecule has 0 aromatic rings. The Bertz CT molecular complexity index is 637. The van der Waals surface area contributed by atoms with Crippen molar-refractivity contribution >= 4 is 5.97 Å². The zero-order valence-electron chi connectivity index (χ0n) is 16.2. The van der Waals surface area contributed by atoms with Gasteiger partial charge in [0.15, 0.2) is 0 Å². The molecular formula is C23H34O3. The predicted octanol–water partition coefficient (Wildman–Crippen LogP) is 4.50. The van der Waals surface area contributed by atoms with E-state index < -0.39 is 5.97 Å². The number of carboxylic acid groups (broad SMARTS) is 1. The summed E-state index contributed by atoms with van der Waals surface area (Å²) < 4.78 is 0. The van der Waals surface area contributed by atoms with Crippen LogP contribution in [0, 0.1) is 52.3 Å². The van der Waals surface area contributed by atoms with E-state index in [2.05, 4.69) is 26.0 Å². The quantitative estimate of drug-likeness (QED) is 0.443. The summed E-state index contributed by atoms with van der Waals surface area (Å²) in [5.41, 5.74) is 0.267. The number of aliphatic hydroxyl groups is 1. The van der Waals surface area contributed by atoms with Crippen LogP contribution in [0.5, 0.6) is 0 Å². The molecule has 0 spiro atoms. The number of aliphatic carboxylic acids is 1. The zero-order valence-corrected chi connectivity index (χ0v) is 16.2. The molecule has 3 nitrogen and oxygen atoms in total. The minimum Gasteiger partial charge on any atom is -0.481 e. The summed E-state index contributed by atoms with van der Waals surface area (Å²) in [6, 6.07) is 0. The van der Waals surface area contributed by atoms with Crippen LogP contribution >= 0.6 is 0 Å². The average molecular weight is 359 g/mol.